The number of amides is 1. The maximum atomic E-state index is 12.4. The molecule has 0 unspecified atom stereocenters. The zero-order valence-corrected chi connectivity index (χ0v) is 14.9. The SMILES string of the molecule is CN1CC[N+](C)(CC(=O)Nc2ccc3ccccc3c2O)CC1.[Cl-]. The van der Waals surface area contributed by atoms with E-state index in [-0.39, 0.29) is 24.1 Å². The Bertz CT molecular complexity index is 727. The standard InChI is InChI=1S/C18H23N3O2.ClH/c1-20-9-11-21(2,12-10-20)13-17(22)19-16-8-7-14-5-3-4-6-15(14)18(16)23;/h3-8H,9-13H2,1-2H3,(H-,19,22,23);1H. The van der Waals surface area contributed by atoms with Crippen LogP contribution in [0.3, 0.4) is 0 Å². The van der Waals surface area contributed by atoms with Gasteiger partial charge < -0.3 is 27.3 Å². The maximum Gasteiger partial charge on any atom is 0.279 e. The summed E-state index contributed by atoms with van der Waals surface area (Å²) in [6.07, 6.45) is 0. The number of phenolic OH excluding ortho intramolecular Hbond substituents is 1. The van der Waals surface area contributed by atoms with Crippen LogP contribution in [-0.4, -0.2) is 67.2 Å². The number of nitrogens with zero attached hydrogens (tertiary/aromatic N) is 2. The van der Waals surface area contributed by atoms with E-state index in [1.54, 1.807) is 6.07 Å². The Balaban J connectivity index is 0.00000208. The van der Waals surface area contributed by atoms with Crippen LogP contribution in [0.25, 0.3) is 10.8 Å². The molecule has 1 aliphatic heterocycles. The Morgan fingerprint density at radius 2 is 1.88 bits per heavy atom. The first-order chi connectivity index (χ1) is 11.0. The molecule has 1 amide bonds. The van der Waals surface area contributed by atoms with Crippen molar-refractivity contribution >= 4 is 22.4 Å². The highest BCUT2D eigenvalue weighted by atomic mass is 35.5. The number of halogens is 1. The molecule has 3 rings (SSSR count). The van der Waals surface area contributed by atoms with Crippen molar-refractivity contribution in [1.29, 1.82) is 0 Å². The van der Waals surface area contributed by atoms with Crippen molar-refractivity contribution in [2.45, 2.75) is 0 Å². The third-order valence-electron chi connectivity index (χ3n) is 4.74. The number of fused-ring (bicyclic) bond motifs is 1. The van der Waals surface area contributed by atoms with E-state index < -0.39 is 0 Å². The summed E-state index contributed by atoms with van der Waals surface area (Å²) in [5.74, 6) is 0.0834. The zero-order chi connectivity index (χ0) is 16.4. The number of quaternary nitrogens is 1. The molecule has 5 nitrogen and oxygen atoms in total. The van der Waals surface area contributed by atoms with Gasteiger partial charge in [0.25, 0.3) is 5.91 Å². The van der Waals surface area contributed by atoms with Crippen LogP contribution in [0.2, 0.25) is 0 Å². The summed E-state index contributed by atoms with van der Waals surface area (Å²) in [6, 6.07) is 11.3. The third-order valence-corrected chi connectivity index (χ3v) is 4.74. The molecule has 0 spiro atoms. The van der Waals surface area contributed by atoms with Gasteiger partial charge in [-0.15, -0.1) is 0 Å². The number of likely N-dealkylation sites (N-methyl/N-ethyl adjacent to an activating group) is 2. The van der Waals surface area contributed by atoms with Crippen LogP contribution in [0, 0.1) is 0 Å². The molecule has 2 N–H and O–H groups in total. The van der Waals surface area contributed by atoms with E-state index in [2.05, 4.69) is 24.3 Å². The summed E-state index contributed by atoms with van der Waals surface area (Å²) < 4.78 is 0.741. The van der Waals surface area contributed by atoms with Gasteiger partial charge >= 0.3 is 0 Å². The first-order valence-electron chi connectivity index (χ1n) is 7.99. The van der Waals surface area contributed by atoms with Crippen LogP contribution in [-0.2, 0) is 4.79 Å². The molecule has 6 heteroatoms. The van der Waals surface area contributed by atoms with Crippen LogP contribution >= 0.6 is 0 Å². The fraction of sp³-hybridized carbons (Fsp3) is 0.389. The minimum atomic E-state index is -0.0531. The van der Waals surface area contributed by atoms with Crippen molar-refractivity contribution < 1.29 is 26.8 Å². The molecule has 0 atom stereocenters. The van der Waals surface area contributed by atoms with Gasteiger partial charge in [-0.1, -0.05) is 30.3 Å². The van der Waals surface area contributed by atoms with Crippen molar-refractivity contribution in [2.24, 2.45) is 0 Å². The van der Waals surface area contributed by atoms with E-state index in [0.717, 1.165) is 41.4 Å². The van der Waals surface area contributed by atoms with Crippen molar-refractivity contribution in [3.05, 3.63) is 36.4 Å². The number of aromatic hydroxyl groups is 1. The van der Waals surface area contributed by atoms with Gasteiger partial charge in [-0.25, -0.2) is 0 Å². The number of anilines is 1. The molecule has 0 aromatic heterocycles. The minimum absolute atomic E-state index is 0. The first kappa shape index (κ1) is 18.5. The van der Waals surface area contributed by atoms with E-state index in [9.17, 15) is 9.90 Å². The molecule has 0 bridgehead atoms. The molecule has 24 heavy (non-hydrogen) atoms. The van der Waals surface area contributed by atoms with Crippen LogP contribution in [0.4, 0.5) is 5.69 Å². The number of phenols is 1. The van der Waals surface area contributed by atoms with Gasteiger partial charge in [0.1, 0.15) is 5.75 Å². The highest BCUT2D eigenvalue weighted by Crippen LogP contribution is 2.32. The number of hydrogen-bond acceptors (Lipinski definition) is 3. The monoisotopic (exact) mass is 349 g/mol. The van der Waals surface area contributed by atoms with Gasteiger partial charge in [-0.05, 0) is 18.5 Å². The van der Waals surface area contributed by atoms with Gasteiger partial charge in [-0.2, -0.15) is 0 Å². The Morgan fingerprint density at radius 1 is 1.21 bits per heavy atom. The molecular formula is C18H24ClN3O2. The predicted molar refractivity (Wildman–Crippen MR) is 92.5 cm³/mol. The Hall–Kier alpha value is -1.82. The number of carbonyl (C=O) groups is 1. The smallest absolute Gasteiger partial charge is 0.279 e. The highest BCUT2D eigenvalue weighted by molar-refractivity contribution is 5.99. The molecule has 1 fully saturated rings. The molecule has 2 aromatic rings. The van der Waals surface area contributed by atoms with Gasteiger partial charge in [-0.3, -0.25) is 9.69 Å². The van der Waals surface area contributed by atoms with E-state index in [4.69, 9.17) is 0 Å². The van der Waals surface area contributed by atoms with Gasteiger partial charge in [0, 0.05) is 18.5 Å². The summed E-state index contributed by atoms with van der Waals surface area (Å²) >= 11 is 0. The number of nitrogens with one attached hydrogen (secondary N) is 1. The molecule has 0 radical (unpaired) electrons. The second kappa shape index (κ2) is 7.38. The molecule has 1 heterocycles. The lowest BCUT2D eigenvalue weighted by Crippen LogP contribution is -3.00. The molecule has 0 aliphatic carbocycles. The molecule has 1 aliphatic rings. The molecule has 2 aromatic carbocycles. The lowest BCUT2D eigenvalue weighted by Gasteiger charge is -2.40. The third kappa shape index (κ3) is 3.98. The summed E-state index contributed by atoms with van der Waals surface area (Å²) in [5, 5.41) is 15.0. The minimum Gasteiger partial charge on any atom is -1.00 e. The van der Waals surface area contributed by atoms with Gasteiger partial charge in [0.05, 0.1) is 25.8 Å². The van der Waals surface area contributed by atoms with Crippen molar-refractivity contribution in [2.75, 3.05) is 52.1 Å². The lowest BCUT2D eigenvalue weighted by molar-refractivity contribution is -0.905. The maximum absolute atomic E-state index is 12.4. The number of hydrogen-bond donors (Lipinski definition) is 2. The summed E-state index contributed by atoms with van der Waals surface area (Å²) in [6.45, 7) is 4.37. The zero-order valence-electron chi connectivity index (χ0n) is 14.1. The summed E-state index contributed by atoms with van der Waals surface area (Å²) in [7, 11) is 4.23. The Kier molecular flexibility index (Phi) is 5.70. The number of benzene rings is 2. The normalized spacial score (nSPS) is 17.2. The molecular weight excluding hydrogens is 326 g/mol. The van der Waals surface area contributed by atoms with E-state index in [1.165, 1.54) is 0 Å². The van der Waals surface area contributed by atoms with E-state index >= 15 is 0 Å². The molecule has 0 saturated carbocycles. The van der Waals surface area contributed by atoms with E-state index in [1.807, 2.05) is 30.3 Å². The number of carbonyl (C=O) groups excluding carboxylic acids is 1. The molecule has 130 valence electrons. The predicted octanol–water partition coefficient (Wildman–Crippen LogP) is -1.12. The van der Waals surface area contributed by atoms with Crippen LogP contribution in [0.15, 0.2) is 36.4 Å². The average molecular weight is 350 g/mol. The van der Waals surface area contributed by atoms with Crippen LogP contribution in [0.1, 0.15) is 0 Å². The second-order valence-electron chi connectivity index (χ2n) is 6.76. The Morgan fingerprint density at radius 3 is 2.58 bits per heavy atom. The quantitative estimate of drug-likeness (QED) is 0.545. The largest absolute Gasteiger partial charge is 1.00 e. The van der Waals surface area contributed by atoms with Crippen LogP contribution < -0.4 is 17.7 Å². The van der Waals surface area contributed by atoms with E-state index in [0.29, 0.717) is 12.2 Å². The lowest BCUT2D eigenvalue weighted by atomic mass is 10.1. The summed E-state index contributed by atoms with van der Waals surface area (Å²) in [5.41, 5.74) is 0.481. The topological polar surface area (TPSA) is 52.6 Å². The number of piperazine rings is 1. The fourth-order valence-corrected chi connectivity index (χ4v) is 3.10. The summed E-state index contributed by atoms with van der Waals surface area (Å²) in [4.78, 5) is 14.7. The average Bonchev–Trinajstić information content (AvgIpc) is 2.53. The van der Waals surface area contributed by atoms with Crippen molar-refractivity contribution in [3.8, 4) is 5.75 Å². The van der Waals surface area contributed by atoms with Crippen LogP contribution in [0.5, 0.6) is 5.75 Å². The highest BCUT2D eigenvalue weighted by Gasteiger charge is 2.29. The van der Waals surface area contributed by atoms with Gasteiger partial charge in [0.15, 0.2) is 6.54 Å². The fourth-order valence-electron chi connectivity index (χ4n) is 3.10. The Labute approximate surface area is 148 Å². The molecule has 1 saturated heterocycles. The van der Waals surface area contributed by atoms with Crippen molar-refractivity contribution in [1.82, 2.24) is 4.90 Å². The van der Waals surface area contributed by atoms with Gasteiger partial charge in [0.2, 0.25) is 0 Å². The second-order valence-corrected chi connectivity index (χ2v) is 6.76. The first-order valence-corrected chi connectivity index (χ1v) is 7.99. The number of rotatable bonds is 3. The van der Waals surface area contributed by atoms with Crippen molar-refractivity contribution in [3.63, 3.8) is 0 Å².